The molecule has 0 saturated carbocycles. The topological polar surface area (TPSA) is 50.1 Å². The van der Waals surface area contributed by atoms with Crippen molar-refractivity contribution in [1.82, 2.24) is 0 Å². The fourth-order valence-corrected chi connectivity index (χ4v) is 1.64. The highest BCUT2D eigenvalue weighted by Gasteiger charge is 2.01. The normalized spacial score (nSPS) is 10.2. The quantitative estimate of drug-likeness (QED) is 0.489. The number of nitriles is 1. The molecule has 0 aliphatic heterocycles. The van der Waals surface area contributed by atoms with Gasteiger partial charge in [0.15, 0.2) is 0 Å². The summed E-state index contributed by atoms with van der Waals surface area (Å²) >= 11 is 5.77. The lowest BCUT2D eigenvalue weighted by Crippen LogP contribution is -2.03. The van der Waals surface area contributed by atoms with Gasteiger partial charge in [0.25, 0.3) is 0 Å². The molecule has 0 aromatic heterocycles. The van der Waals surface area contributed by atoms with Crippen molar-refractivity contribution < 1.29 is 9.53 Å². The Balaban J connectivity index is 2.02. The summed E-state index contributed by atoms with van der Waals surface area (Å²) in [6.45, 7) is 0. The molecule has 0 amide bonds. The standard InChI is InChI=1S/C16H10ClNO2/c17-14-7-4-12(5-8-14)6-9-16(19)20-15-3-1-2-13(10-15)11-18/h1-10H/b9-6+. The Labute approximate surface area is 121 Å². The van der Waals surface area contributed by atoms with Crippen LogP contribution in [0.5, 0.6) is 5.75 Å². The van der Waals surface area contributed by atoms with E-state index in [0.29, 0.717) is 16.3 Å². The van der Waals surface area contributed by atoms with Crippen molar-refractivity contribution in [3.05, 3.63) is 70.8 Å². The van der Waals surface area contributed by atoms with Gasteiger partial charge in [-0.3, -0.25) is 0 Å². The van der Waals surface area contributed by atoms with Crippen molar-refractivity contribution in [2.75, 3.05) is 0 Å². The molecular formula is C16H10ClNO2. The van der Waals surface area contributed by atoms with Crippen molar-refractivity contribution in [2.45, 2.75) is 0 Å². The van der Waals surface area contributed by atoms with Gasteiger partial charge in [0.2, 0.25) is 0 Å². The maximum absolute atomic E-state index is 11.6. The zero-order valence-electron chi connectivity index (χ0n) is 10.4. The van der Waals surface area contributed by atoms with Crippen LogP contribution in [0, 0.1) is 11.3 Å². The van der Waals surface area contributed by atoms with Crippen LogP contribution in [-0.4, -0.2) is 5.97 Å². The predicted octanol–water partition coefficient (Wildman–Crippen LogP) is 3.83. The maximum Gasteiger partial charge on any atom is 0.336 e. The third kappa shape index (κ3) is 3.98. The smallest absolute Gasteiger partial charge is 0.336 e. The van der Waals surface area contributed by atoms with Crippen LogP contribution in [-0.2, 0) is 4.79 Å². The Hall–Kier alpha value is -2.57. The summed E-state index contributed by atoms with van der Waals surface area (Å²) in [5.41, 5.74) is 1.29. The zero-order chi connectivity index (χ0) is 14.4. The van der Waals surface area contributed by atoms with E-state index in [2.05, 4.69) is 0 Å². The largest absolute Gasteiger partial charge is 0.423 e. The van der Waals surface area contributed by atoms with Gasteiger partial charge in [0, 0.05) is 11.1 Å². The van der Waals surface area contributed by atoms with Crippen molar-refractivity contribution in [1.29, 1.82) is 5.26 Å². The van der Waals surface area contributed by atoms with Crippen LogP contribution in [0.4, 0.5) is 0 Å². The van der Waals surface area contributed by atoms with Crippen molar-refractivity contribution in [3.8, 4) is 11.8 Å². The summed E-state index contributed by atoms with van der Waals surface area (Å²) in [5.74, 6) is -0.162. The van der Waals surface area contributed by atoms with E-state index < -0.39 is 5.97 Å². The van der Waals surface area contributed by atoms with Gasteiger partial charge < -0.3 is 4.74 Å². The molecule has 0 aliphatic carbocycles. The molecule has 0 atom stereocenters. The summed E-state index contributed by atoms with van der Waals surface area (Å²) in [6.07, 6.45) is 2.95. The Morgan fingerprint density at radius 2 is 1.95 bits per heavy atom. The number of nitrogens with zero attached hydrogens (tertiary/aromatic N) is 1. The molecule has 2 rings (SSSR count). The molecule has 3 nitrogen and oxygen atoms in total. The van der Waals surface area contributed by atoms with E-state index in [0.717, 1.165) is 5.56 Å². The molecule has 0 heterocycles. The lowest BCUT2D eigenvalue weighted by molar-refractivity contribution is -0.128. The lowest BCUT2D eigenvalue weighted by Gasteiger charge is -2.01. The van der Waals surface area contributed by atoms with Crippen LogP contribution in [0.1, 0.15) is 11.1 Å². The summed E-state index contributed by atoms with van der Waals surface area (Å²) < 4.78 is 5.10. The second-order valence-electron chi connectivity index (χ2n) is 3.95. The van der Waals surface area contributed by atoms with E-state index in [1.165, 1.54) is 12.1 Å². The van der Waals surface area contributed by atoms with E-state index in [1.807, 2.05) is 6.07 Å². The number of carbonyl (C=O) groups is 1. The highest BCUT2D eigenvalue weighted by atomic mass is 35.5. The van der Waals surface area contributed by atoms with E-state index in [9.17, 15) is 4.79 Å². The molecule has 0 aliphatic rings. The lowest BCUT2D eigenvalue weighted by atomic mass is 10.2. The highest BCUT2D eigenvalue weighted by Crippen LogP contribution is 2.14. The molecule has 2 aromatic carbocycles. The molecule has 2 aromatic rings. The minimum absolute atomic E-state index is 0.342. The van der Waals surface area contributed by atoms with Crippen molar-refractivity contribution in [2.24, 2.45) is 0 Å². The third-order valence-electron chi connectivity index (χ3n) is 2.46. The third-order valence-corrected chi connectivity index (χ3v) is 2.72. The highest BCUT2D eigenvalue weighted by molar-refractivity contribution is 6.30. The number of benzene rings is 2. The fourth-order valence-electron chi connectivity index (χ4n) is 1.52. The number of carbonyl (C=O) groups excluding carboxylic acids is 1. The number of hydrogen-bond acceptors (Lipinski definition) is 3. The molecular weight excluding hydrogens is 274 g/mol. The molecule has 0 N–H and O–H groups in total. The first-order valence-corrected chi connectivity index (χ1v) is 6.21. The van der Waals surface area contributed by atoms with Gasteiger partial charge in [-0.25, -0.2) is 4.79 Å². The van der Waals surface area contributed by atoms with Gasteiger partial charge in [-0.05, 0) is 42.0 Å². The van der Waals surface area contributed by atoms with Crippen LogP contribution in [0.3, 0.4) is 0 Å². The summed E-state index contributed by atoms with van der Waals surface area (Å²) in [4.78, 5) is 11.6. The monoisotopic (exact) mass is 283 g/mol. The summed E-state index contributed by atoms with van der Waals surface area (Å²) in [6, 6.07) is 15.5. The van der Waals surface area contributed by atoms with Crippen molar-refractivity contribution >= 4 is 23.6 Å². The Bertz CT molecular complexity index is 684. The molecule has 20 heavy (non-hydrogen) atoms. The number of hydrogen-bond donors (Lipinski definition) is 0. The second-order valence-corrected chi connectivity index (χ2v) is 4.38. The average molecular weight is 284 g/mol. The van der Waals surface area contributed by atoms with Gasteiger partial charge in [0.05, 0.1) is 11.6 Å². The first-order valence-electron chi connectivity index (χ1n) is 5.83. The maximum atomic E-state index is 11.6. The minimum Gasteiger partial charge on any atom is -0.423 e. The predicted molar refractivity (Wildman–Crippen MR) is 77.3 cm³/mol. The van der Waals surface area contributed by atoms with Crippen LogP contribution in [0.15, 0.2) is 54.6 Å². The molecule has 0 bridgehead atoms. The average Bonchev–Trinajstić information content (AvgIpc) is 2.47. The SMILES string of the molecule is N#Cc1cccc(OC(=O)/C=C/c2ccc(Cl)cc2)c1. The number of esters is 1. The van der Waals surface area contributed by atoms with Crippen LogP contribution >= 0.6 is 11.6 Å². The summed E-state index contributed by atoms with van der Waals surface area (Å²) in [7, 11) is 0. The molecule has 4 heteroatoms. The molecule has 0 spiro atoms. The fraction of sp³-hybridized carbons (Fsp3) is 0. The van der Waals surface area contributed by atoms with E-state index >= 15 is 0 Å². The summed E-state index contributed by atoms with van der Waals surface area (Å²) in [5, 5.41) is 9.39. The molecule has 98 valence electrons. The van der Waals surface area contributed by atoms with E-state index in [-0.39, 0.29) is 0 Å². The molecule has 0 saturated heterocycles. The Kier molecular flexibility index (Phi) is 4.54. The first kappa shape index (κ1) is 13.9. The van der Waals surface area contributed by atoms with E-state index in [1.54, 1.807) is 48.5 Å². The van der Waals surface area contributed by atoms with Gasteiger partial charge in [0.1, 0.15) is 5.75 Å². The first-order chi connectivity index (χ1) is 9.67. The van der Waals surface area contributed by atoms with Crippen LogP contribution < -0.4 is 4.74 Å². The van der Waals surface area contributed by atoms with Gasteiger partial charge in [-0.2, -0.15) is 5.26 Å². The molecule has 0 unspecified atom stereocenters. The van der Waals surface area contributed by atoms with Gasteiger partial charge in [-0.15, -0.1) is 0 Å². The number of rotatable bonds is 3. The van der Waals surface area contributed by atoms with Gasteiger partial charge >= 0.3 is 5.97 Å². The van der Waals surface area contributed by atoms with Gasteiger partial charge in [-0.1, -0.05) is 29.8 Å². The Morgan fingerprint density at radius 1 is 1.20 bits per heavy atom. The molecule has 0 fully saturated rings. The van der Waals surface area contributed by atoms with Crippen LogP contribution in [0.2, 0.25) is 5.02 Å². The number of ether oxygens (including phenoxy) is 1. The molecule has 0 radical (unpaired) electrons. The Morgan fingerprint density at radius 3 is 2.65 bits per heavy atom. The number of halogens is 1. The van der Waals surface area contributed by atoms with Crippen molar-refractivity contribution in [3.63, 3.8) is 0 Å². The van der Waals surface area contributed by atoms with Crippen LogP contribution in [0.25, 0.3) is 6.08 Å². The second kappa shape index (κ2) is 6.55. The van der Waals surface area contributed by atoms with E-state index in [4.69, 9.17) is 21.6 Å². The minimum atomic E-state index is -0.505. The zero-order valence-corrected chi connectivity index (χ0v) is 11.2.